The summed E-state index contributed by atoms with van der Waals surface area (Å²) in [6, 6.07) is 19.2. The van der Waals surface area contributed by atoms with E-state index < -0.39 is 0 Å². The van der Waals surface area contributed by atoms with Crippen molar-refractivity contribution in [2.24, 2.45) is 0 Å². The summed E-state index contributed by atoms with van der Waals surface area (Å²) >= 11 is 0. The first kappa shape index (κ1) is 20.1. The first-order valence-electron chi connectivity index (χ1n) is 8.29. The lowest BCUT2D eigenvalue weighted by Gasteiger charge is -2.11. The van der Waals surface area contributed by atoms with Gasteiger partial charge in [-0.2, -0.15) is 0 Å². The van der Waals surface area contributed by atoms with Gasteiger partial charge in [-0.25, -0.2) is 8.96 Å². The van der Waals surface area contributed by atoms with E-state index in [2.05, 4.69) is 58.0 Å². The fourth-order valence-corrected chi connectivity index (χ4v) is 2.56. The Morgan fingerprint density at radius 3 is 1.88 bits per heavy atom. The summed E-state index contributed by atoms with van der Waals surface area (Å²) in [5, 5.41) is 0. The largest absolute Gasteiger partial charge is 1.00 e. The van der Waals surface area contributed by atoms with Gasteiger partial charge in [0.2, 0.25) is 0 Å². The van der Waals surface area contributed by atoms with Crippen LogP contribution in [0, 0.1) is 5.82 Å². The Morgan fingerprint density at radius 2 is 1.35 bits per heavy atom. The molecule has 134 valence electrons. The van der Waals surface area contributed by atoms with E-state index in [1.807, 2.05) is 38.6 Å². The van der Waals surface area contributed by atoms with Crippen LogP contribution >= 0.6 is 0 Å². The highest BCUT2D eigenvalue weighted by molar-refractivity contribution is 5.70. The molecule has 0 aliphatic heterocycles. The topological polar surface area (TPSA) is 7.12 Å². The van der Waals surface area contributed by atoms with E-state index in [9.17, 15) is 4.39 Å². The zero-order valence-electron chi connectivity index (χ0n) is 14.9. The lowest BCUT2D eigenvalue weighted by Crippen LogP contribution is -3.00. The van der Waals surface area contributed by atoms with E-state index in [1.54, 1.807) is 0 Å². The molecular formula is C22H22FIN2. The van der Waals surface area contributed by atoms with Crippen molar-refractivity contribution in [3.8, 4) is 0 Å². The minimum Gasteiger partial charge on any atom is -1.00 e. The summed E-state index contributed by atoms with van der Waals surface area (Å²) in [6.45, 7) is 0.732. The Balaban J connectivity index is 0.00000243. The van der Waals surface area contributed by atoms with Gasteiger partial charge in [-0.3, -0.25) is 0 Å². The normalized spacial score (nSPS) is 10.6. The number of nitrogens with zero attached hydrogens (tertiary/aromatic N) is 2. The number of rotatable bonds is 5. The van der Waals surface area contributed by atoms with E-state index in [1.165, 1.54) is 23.4 Å². The predicted octanol–water partition coefficient (Wildman–Crippen LogP) is 1.40. The molecule has 0 fully saturated rings. The predicted molar refractivity (Wildman–Crippen MR) is 102 cm³/mol. The van der Waals surface area contributed by atoms with Crippen LogP contribution in [0.4, 0.5) is 10.1 Å². The van der Waals surface area contributed by atoms with Crippen molar-refractivity contribution in [1.82, 2.24) is 0 Å². The van der Waals surface area contributed by atoms with Gasteiger partial charge in [0, 0.05) is 37.5 Å². The summed E-state index contributed by atoms with van der Waals surface area (Å²) in [5.74, 6) is -0.201. The molecular weight excluding hydrogens is 438 g/mol. The third-order valence-corrected chi connectivity index (χ3v) is 4.07. The molecule has 1 heterocycles. The maximum Gasteiger partial charge on any atom is 0.173 e. The molecule has 0 saturated carbocycles. The minimum atomic E-state index is -0.201. The van der Waals surface area contributed by atoms with Crippen LogP contribution in [0.1, 0.15) is 16.7 Å². The summed E-state index contributed by atoms with van der Waals surface area (Å²) in [7, 11) is 4.08. The number of aromatic nitrogens is 1. The second-order valence-corrected chi connectivity index (χ2v) is 6.25. The Kier molecular flexibility index (Phi) is 7.33. The van der Waals surface area contributed by atoms with Crippen LogP contribution in [0.5, 0.6) is 0 Å². The van der Waals surface area contributed by atoms with Gasteiger partial charge in [0.15, 0.2) is 18.9 Å². The fourth-order valence-electron chi connectivity index (χ4n) is 2.56. The molecule has 3 rings (SSSR count). The van der Waals surface area contributed by atoms with Crippen molar-refractivity contribution < 1.29 is 32.9 Å². The van der Waals surface area contributed by atoms with Crippen LogP contribution in [0.25, 0.3) is 12.2 Å². The van der Waals surface area contributed by atoms with Gasteiger partial charge < -0.3 is 28.9 Å². The monoisotopic (exact) mass is 460 g/mol. The number of halogens is 2. The van der Waals surface area contributed by atoms with E-state index in [0.717, 1.165) is 17.7 Å². The van der Waals surface area contributed by atoms with Crippen LogP contribution in [0.3, 0.4) is 0 Å². The molecule has 3 aromatic rings. The second kappa shape index (κ2) is 9.48. The fraction of sp³-hybridized carbons (Fsp3) is 0.136. The van der Waals surface area contributed by atoms with Crippen LogP contribution in [-0.4, -0.2) is 14.1 Å². The highest BCUT2D eigenvalue weighted by Crippen LogP contribution is 2.14. The second-order valence-electron chi connectivity index (χ2n) is 6.25. The minimum absolute atomic E-state index is 0. The third kappa shape index (κ3) is 5.66. The number of benzene rings is 2. The van der Waals surface area contributed by atoms with Crippen molar-refractivity contribution in [3.63, 3.8) is 0 Å². The maximum absolute atomic E-state index is 12.9. The smallest absolute Gasteiger partial charge is 0.173 e. The van der Waals surface area contributed by atoms with Crippen LogP contribution < -0.4 is 33.4 Å². The molecule has 2 nitrogen and oxygen atoms in total. The Hall–Kier alpha value is -2.21. The van der Waals surface area contributed by atoms with Crippen LogP contribution in [0.2, 0.25) is 0 Å². The van der Waals surface area contributed by atoms with E-state index in [0.29, 0.717) is 0 Å². The quantitative estimate of drug-likeness (QED) is 0.413. The molecule has 0 amide bonds. The lowest BCUT2D eigenvalue weighted by atomic mass is 10.1. The van der Waals surface area contributed by atoms with Gasteiger partial charge in [-0.05, 0) is 47.5 Å². The highest BCUT2D eigenvalue weighted by Gasteiger charge is 2.02. The maximum atomic E-state index is 12.9. The lowest BCUT2D eigenvalue weighted by molar-refractivity contribution is -0.688. The molecule has 0 atom stereocenters. The van der Waals surface area contributed by atoms with Crippen molar-refractivity contribution in [1.29, 1.82) is 0 Å². The molecule has 4 heteroatoms. The molecule has 0 N–H and O–H groups in total. The molecule has 26 heavy (non-hydrogen) atoms. The van der Waals surface area contributed by atoms with E-state index in [-0.39, 0.29) is 29.8 Å². The molecule has 0 aliphatic carbocycles. The number of anilines is 1. The molecule has 2 aromatic carbocycles. The van der Waals surface area contributed by atoms with Gasteiger partial charge >= 0.3 is 0 Å². The Labute approximate surface area is 171 Å². The number of pyridine rings is 1. The van der Waals surface area contributed by atoms with Gasteiger partial charge in [-0.15, -0.1) is 0 Å². The van der Waals surface area contributed by atoms with Gasteiger partial charge in [0.05, 0.1) is 0 Å². The number of hydrogen-bond acceptors (Lipinski definition) is 1. The summed E-state index contributed by atoms with van der Waals surface area (Å²) in [4.78, 5) is 2.09. The Morgan fingerprint density at radius 1 is 0.808 bits per heavy atom. The van der Waals surface area contributed by atoms with Crippen molar-refractivity contribution >= 4 is 17.8 Å². The van der Waals surface area contributed by atoms with Crippen LogP contribution in [-0.2, 0) is 6.54 Å². The van der Waals surface area contributed by atoms with Crippen LogP contribution in [0.15, 0.2) is 73.1 Å². The average molecular weight is 460 g/mol. The number of hydrogen-bond donors (Lipinski definition) is 0. The van der Waals surface area contributed by atoms with E-state index in [4.69, 9.17) is 0 Å². The average Bonchev–Trinajstić information content (AvgIpc) is 2.63. The first-order chi connectivity index (χ1) is 12.1. The molecule has 0 radical (unpaired) electrons. The van der Waals surface area contributed by atoms with Crippen molar-refractivity contribution in [2.75, 3.05) is 19.0 Å². The van der Waals surface area contributed by atoms with Gasteiger partial charge in [-0.1, -0.05) is 24.3 Å². The third-order valence-electron chi connectivity index (χ3n) is 4.07. The van der Waals surface area contributed by atoms with Gasteiger partial charge in [0.25, 0.3) is 0 Å². The molecule has 0 saturated heterocycles. The summed E-state index contributed by atoms with van der Waals surface area (Å²) in [5.41, 5.74) is 4.59. The zero-order chi connectivity index (χ0) is 17.6. The van der Waals surface area contributed by atoms with Crippen molar-refractivity contribution in [2.45, 2.75) is 6.54 Å². The first-order valence-corrected chi connectivity index (χ1v) is 8.29. The molecule has 0 bridgehead atoms. The summed E-state index contributed by atoms with van der Waals surface area (Å²) in [6.07, 6.45) is 8.29. The standard InChI is InChI=1S/C22H22FN2.HI/c1-24(2)22-11-7-18(8-12-22)3-4-19-13-15-25(16-14-19)17-20-5-9-21(23)10-6-20;/h3-16H,17H2,1-2H3;1H/q+1;/p-1. The van der Waals surface area contributed by atoms with Crippen molar-refractivity contribution in [3.05, 3.63) is 95.6 Å². The highest BCUT2D eigenvalue weighted by atomic mass is 127. The van der Waals surface area contributed by atoms with Gasteiger partial charge in [0.1, 0.15) is 5.82 Å². The Bertz CT molecular complexity index is 839. The zero-order valence-corrected chi connectivity index (χ0v) is 17.1. The molecule has 0 aliphatic rings. The van der Waals surface area contributed by atoms with E-state index >= 15 is 0 Å². The summed E-state index contributed by atoms with van der Waals surface area (Å²) < 4.78 is 15.0. The molecule has 0 spiro atoms. The molecule has 0 unspecified atom stereocenters. The molecule has 1 aromatic heterocycles. The SMILES string of the molecule is CN(C)c1ccc(/C=C/c2cc[n+](Cc3ccc(F)cc3)cc2)cc1.[I-].